The van der Waals surface area contributed by atoms with Crippen LogP contribution in [0.15, 0.2) is 0 Å². The summed E-state index contributed by atoms with van der Waals surface area (Å²) in [4.78, 5) is 0. The van der Waals surface area contributed by atoms with E-state index >= 15 is 0 Å². The van der Waals surface area contributed by atoms with E-state index in [0.717, 1.165) is 19.4 Å². The fourth-order valence-corrected chi connectivity index (χ4v) is 1.62. The molecule has 3 nitrogen and oxygen atoms in total. The predicted molar refractivity (Wildman–Crippen MR) is 59.2 cm³/mol. The lowest BCUT2D eigenvalue weighted by Crippen LogP contribution is -2.39. The van der Waals surface area contributed by atoms with Crippen LogP contribution in [0.3, 0.4) is 0 Å². The SMILES string of the molecule is CC(C)CC(C)(O)CNCCC(C)O. The molecule has 0 fully saturated rings. The Balaban J connectivity index is 3.55. The van der Waals surface area contributed by atoms with Gasteiger partial charge < -0.3 is 15.5 Å². The van der Waals surface area contributed by atoms with Gasteiger partial charge in [0.05, 0.1) is 11.7 Å². The highest BCUT2D eigenvalue weighted by molar-refractivity contribution is 4.76. The second-order valence-corrected chi connectivity index (χ2v) is 4.91. The van der Waals surface area contributed by atoms with E-state index in [2.05, 4.69) is 19.2 Å². The van der Waals surface area contributed by atoms with Crippen LogP contribution in [0.4, 0.5) is 0 Å². The molecule has 86 valence electrons. The zero-order valence-corrected chi connectivity index (χ0v) is 9.88. The number of aliphatic hydroxyl groups is 2. The van der Waals surface area contributed by atoms with Gasteiger partial charge in [0.25, 0.3) is 0 Å². The largest absolute Gasteiger partial charge is 0.393 e. The van der Waals surface area contributed by atoms with Crippen molar-refractivity contribution in [1.82, 2.24) is 5.32 Å². The van der Waals surface area contributed by atoms with E-state index in [-0.39, 0.29) is 6.10 Å². The third-order valence-corrected chi connectivity index (χ3v) is 2.09. The molecule has 0 bridgehead atoms. The zero-order valence-electron chi connectivity index (χ0n) is 9.88. The minimum Gasteiger partial charge on any atom is -0.393 e. The first-order chi connectivity index (χ1) is 6.33. The van der Waals surface area contributed by atoms with E-state index in [1.165, 1.54) is 0 Å². The highest BCUT2D eigenvalue weighted by Gasteiger charge is 2.20. The maximum Gasteiger partial charge on any atom is 0.0746 e. The Labute approximate surface area is 87.5 Å². The zero-order chi connectivity index (χ0) is 11.2. The molecule has 2 unspecified atom stereocenters. The number of nitrogens with one attached hydrogen (secondary N) is 1. The van der Waals surface area contributed by atoms with Gasteiger partial charge in [0.1, 0.15) is 0 Å². The summed E-state index contributed by atoms with van der Waals surface area (Å²) in [6, 6.07) is 0. The summed E-state index contributed by atoms with van der Waals surface area (Å²) >= 11 is 0. The third-order valence-electron chi connectivity index (χ3n) is 2.09. The first-order valence-electron chi connectivity index (χ1n) is 5.44. The van der Waals surface area contributed by atoms with Crippen molar-refractivity contribution in [3.8, 4) is 0 Å². The van der Waals surface area contributed by atoms with Gasteiger partial charge in [-0.25, -0.2) is 0 Å². The molecule has 3 N–H and O–H groups in total. The van der Waals surface area contributed by atoms with Gasteiger partial charge in [0.2, 0.25) is 0 Å². The van der Waals surface area contributed by atoms with Crippen LogP contribution < -0.4 is 5.32 Å². The van der Waals surface area contributed by atoms with E-state index < -0.39 is 5.60 Å². The summed E-state index contributed by atoms with van der Waals surface area (Å²) in [5.74, 6) is 0.503. The van der Waals surface area contributed by atoms with Crippen molar-refractivity contribution in [2.24, 2.45) is 5.92 Å². The second-order valence-electron chi connectivity index (χ2n) is 4.91. The van der Waals surface area contributed by atoms with Crippen LogP contribution in [-0.4, -0.2) is 35.0 Å². The maximum atomic E-state index is 9.93. The lowest BCUT2D eigenvalue weighted by Gasteiger charge is -2.25. The number of aliphatic hydroxyl groups excluding tert-OH is 1. The van der Waals surface area contributed by atoms with Crippen LogP contribution in [0, 0.1) is 5.92 Å². The molecule has 0 aromatic heterocycles. The Kier molecular flexibility index (Phi) is 6.33. The molecular weight excluding hydrogens is 178 g/mol. The molecule has 0 aliphatic rings. The topological polar surface area (TPSA) is 52.5 Å². The number of hydrogen-bond acceptors (Lipinski definition) is 3. The van der Waals surface area contributed by atoms with E-state index in [1.807, 2.05) is 6.92 Å². The summed E-state index contributed by atoms with van der Waals surface area (Å²) in [6.45, 7) is 9.18. The predicted octanol–water partition coefficient (Wildman–Crippen LogP) is 1.14. The highest BCUT2D eigenvalue weighted by Crippen LogP contribution is 2.14. The average molecular weight is 203 g/mol. The molecule has 0 saturated carbocycles. The molecule has 14 heavy (non-hydrogen) atoms. The quantitative estimate of drug-likeness (QED) is 0.544. The van der Waals surface area contributed by atoms with E-state index in [4.69, 9.17) is 5.11 Å². The molecule has 2 atom stereocenters. The van der Waals surface area contributed by atoms with Crippen molar-refractivity contribution in [2.45, 2.75) is 52.2 Å². The molecule has 3 heteroatoms. The molecule has 0 aliphatic heterocycles. The van der Waals surface area contributed by atoms with Gasteiger partial charge >= 0.3 is 0 Å². The van der Waals surface area contributed by atoms with Gasteiger partial charge in [-0.3, -0.25) is 0 Å². The Hall–Kier alpha value is -0.120. The molecule has 0 aliphatic carbocycles. The Bertz CT molecular complexity index is 144. The smallest absolute Gasteiger partial charge is 0.0746 e. The first kappa shape index (κ1) is 13.9. The normalized spacial score (nSPS) is 18.2. The van der Waals surface area contributed by atoms with Crippen LogP contribution in [0.5, 0.6) is 0 Å². The highest BCUT2D eigenvalue weighted by atomic mass is 16.3. The molecule has 0 radical (unpaired) electrons. The van der Waals surface area contributed by atoms with Crippen LogP contribution in [0.25, 0.3) is 0 Å². The Morgan fingerprint density at radius 1 is 1.29 bits per heavy atom. The van der Waals surface area contributed by atoms with Crippen LogP contribution in [-0.2, 0) is 0 Å². The van der Waals surface area contributed by atoms with Crippen LogP contribution in [0.2, 0.25) is 0 Å². The molecule has 0 spiro atoms. The van der Waals surface area contributed by atoms with E-state index in [9.17, 15) is 5.11 Å². The van der Waals surface area contributed by atoms with Crippen LogP contribution >= 0.6 is 0 Å². The summed E-state index contributed by atoms with van der Waals surface area (Å²) < 4.78 is 0. The average Bonchev–Trinajstić information content (AvgIpc) is 1.95. The molecule has 0 amide bonds. The van der Waals surface area contributed by atoms with Crippen molar-refractivity contribution in [2.75, 3.05) is 13.1 Å². The van der Waals surface area contributed by atoms with Crippen molar-refractivity contribution in [1.29, 1.82) is 0 Å². The van der Waals surface area contributed by atoms with Gasteiger partial charge in [-0.15, -0.1) is 0 Å². The summed E-state index contributed by atoms with van der Waals surface area (Å²) in [5.41, 5.74) is -0.632. The van der Waals surface area contributed by atoms with Crippen molar-refractivity contribution >= 4 is 0 Å². The molecule has 0 aromatic carbocycles. The van der Waals surface area contributed by atoms with Gasteiger partial charge in [-0.2, -0.15) is 0 Å². The van der Waals surface area contributed by atoms with Gasteiger partial charge in [-0.1, -0.05) is 13.8 Å². The Morgan fingerprint density at radius 2 is 1.86 bits per heavy atom. The Morgan fingerprint density at radius 3 is 2.29 bits per heavy atom. The standard InChI is InChI=1S/C11H25NO2/c1-9(2)7-11(4,14)8-12-6-5-10(3)13/h9-10,12-14H,5-8H2,1-4H3. The third kappa shape index (κ3) is 8.48. The molecule has 0 rings (SSSR count). The minimum atomic E-state index is -0.632. The molecule has 0 saturated heterocycles. The fourth-order valence-electron chi connectivity index (χ4n) is 1.62. The van der Waals surface area contributed by atoms with Gasteiger partial charge in [-0.05, 0) is 39.2 Å². The lowest BCUT2D eigenvalue weighted by atomic mass is 9.94. The second kappa shape index (κ2) is 6.38. The van der Waals surface area contributed by atoms with Crippen molar-refractivity contribution < 1.29 is 10.2 Å². The van der Waals surface area contributed by atoms with Gasteiger partial charge in [0.15, 0.2) is 0 Å². The van der Waals surface area contributed by atoms with Gasteiger partial charge in [0, 0.05) is 6.54 Å². The molecule has 0 aromatic rings. The van der Waals surface area contributed by atoms with E-state index in [0.29, 0.717) is 12.5 Å². The van der Waals surface area contributed by atoms with Crippen molar-refractivity contribution in [3.05, 3.63) is 0 Å². The molecular formula is C11H25NO2. The number of hydrogen-bond donors (Lipinski definition) is 3. The van der Waals surface area contributed by atoms with E-state index in [1.54, 1.807) is 6.92 Å². The number of rotatable bonds is 7. The lowest BCUT2D eigenvalue weighted by molar-refractivity contribution is 0.0378. The molecule has 0 heterocycles. The summed E-state index contributed by atoms with van der Waals surface area (Å²) in [5, 5.41) is 22.1. The monoisotopic (exact) mass is 203 g/mol. The maximum absolute atomic E-state index is 9.93. The van der Waals surface area contributed by atoms with Crippen molar-refractivity contribution in [3.63, 3.8) is 0 Å². The summed E-state index contributed by atoms with van der Waals surface area (Å²) in [7, 11) is 0. The minimum absolute atomic E-state index is 0.266. The van der Waals surface area contributed by atoms with Crippen LogP contribution in [0.1, 0.15) is 40.5 Å². The first-order valence-corrected chi connectivity index (χ1v) is 5.44. The fraction of sp³-hybridized carbons (Fsp3) is 1.00. The summed E-state index contributed by atoms with van der Waals surface area (Å²) in [6.07, 6.45) is 1.27.